The molecule has 1 aromatic carbocycles. The summed E-state index contributed by atoms with van der Waals surface area (Å²) in [6.07, 6.45) is 1.27. The molecule has 1 heterocycles. The van der Waals surface area contributed by atoms with Gasteiger partial charge in [-0.05, 0) is 37.8 Å². The van der Waals surface area contributed by atoms with Crippen LogP contribution in [0.5, 0.6) is 0 Å². The molecule has 1 amide bonds. The van der Waals surface area contributed by atoms with Gasteiger partial charge in [0.1, 0.15) is 6.10 Å². The summed E-state index contributed by atoms with van der Waals surface area (Å²) in [4.78, 5) is 12.1. The van der Waals surface area contributed by atoms with Crippen molar-refractivity contribution >= 4 is 24.0 Å². The van der Waals surface area contributed by atoms with Gasteiger partial charge in [0.25, 0.3) is 5.91 Å². The van der Waals surface area contributed by atoms with Crippen LogP contribution in [0.1, 0.15) is 24.0 Å². The van der Waals surface area contributed by atoms with Gasteiger partial charge < -0.3 is 15.8 Å². The standard InChI is InChI=1S/C14H20N2O2.ClH/c1-9-4-3-5-10(2)13(9)16-14(17)12-7-6-11(8-15)18-12;/h3-5,11-12H,6-8,15H2,1-2H3,(H,16,17);1H/t11-,12+;/m1./s1. The molecule has 4 nitrogen and oxygen atoms in total. The van der Waals surface area contributed by atoms with Gasteiger partial charge in [0.05, 0.1) is 6.10 Å². The Hall–Kier alpha value is -1.10. The summed E-state index contributed by atoms with van der Waals surface area (Å²) in [5, 5.41) is 2.96. The number of benzene rings is 1. The maximum Gasteiger partial charge on any atom is 0.253 e. The second-order valence-corrected chi connectivity index (χ2v) is 4.82. The summed E-state index contributed by atoms with van der Waals surface area (Å²) < 4.78 is 5.59. The average Bonchev–Trinajstić information content (AvgIpc) is 2.82. The largest absolute Gasteiger partial charge is 0.364 e. The molecule has 0 bridgehead atoms. The van der Waals surface area contributed by atoms with Gasteiger partial charge in [-0.25, -0.2) is 0 Å². The maximum atomic E-state index is 12.1. The molecule has 1 aromatic rings. The van der Waals surface area contributed by atoms with Gasteiger partial charge in [0, 0.05) is 12.2 Å². The fourth-order valence-electron chi connectivity index (χ4n) is 2.29. The third-order valence-electron chi connectivity index (χ3n) is 3.39. The van der Waals surface area contributed by atoms with E-state index in [1.165, 1.54) is 0 Å². The zero-order valence-electron chi connectivity index (χ0n) is 11.3. The van der Waals surface area contributed by atoms with E-state index in [1.54, 1.807) is 0 Å². The molecule has 0 unspecified atom stereocenters. The summed E-state index contributed by atoms with van der Waals surface area (Å²) in [5.74, 6) is -0.0663. The Bertz CT molecular complexity index is 431. The van der Waals surface area contributed by atoms with E-state index in [9.17, 15) is 4.79 Å². The van der Waals surface area contributed by atoms with E-state index < -0.39 is 0 Å². The first kappa shape index (κ1) is 16.0. The van der Waals surface area contributed by atoms with Crippen LogP contribution in [0.15, 0.2) is 18.2 Å². The van der Waals surface area contributed by atoms with Crippen LogP contribution in [-0.4, -0.2) is 24.7 Å². The van der Waals surface area contributed by atoms with Crippen molar-refractivity contribution in [1.82, 2.24) is 0 Å². The zero-order valence-corrected chi connectivity index (χ0v) is 12.1. The lowest BCUT2D eigenvalue weighted by atomic mass is 10.1. The van der Waals surface area contributed by atoms with Crippen LogP contribution in [-0.2, 0) is 9.53 Å². The van der Waals surface area contributed by atoms with Gasteiger partial charge in [-0.1, -0.05) is 18.2 Å². The highest BCUT2D eigenvalue weighted by molar-refractivity contribution is 5.95. The van der Waals surface area contributed by atoms with E-state index in [-0.39, 0.29) is 30.5 Å². The van der Waals surface area contributed by atoms with E-state index >= 15 is 0 Å². The first-order chi connectivity index (χ1) is 8.61. The topological polar surface area (TPSA) is 64.4 Å². The molecule has 19 heavy (non-hydrogen) atoms. The molecule has 1 saturated heterocycles. The minimum atomic E-state index is -0.363. The van der Waals surface area contributed by atoms with Crippen LogP contribution in [0.2, 0.25) is 0 Å². The van der Waals surface area contributed by atoms with Gasteiger partial charge in [0.15, 0.2) is 0 Å². The number of carbonyl (C=O) groups is 1. The molecule has 1 fully saturated rings. The number of hydrogen-bond donors (Lipinski definition) is 2. The molecular formula is C14H21ClN2O2. The summed E-state index contributed by atoms with van der Waals surface area (Å²) in [7, 11) is 0. The number of amides is 1. The fraction of sp³-hybridized carbons (Fsp3) is 0.500. The summed E-state index contributed by atoms with van der Waals surface area (Å²) in [6.45, 7) is 4.45. The number of halogens is 1. The average molecular weight is 285 g/mol. The maximum absolute atomic E-state index is 12.1. The summed E-state index contributed by atoms with van der Waals surface area (Å²) >= 11 is 0. The number of nitrogens with one attached hydrogen (secondary N) is 1. The first-order valence-electron chi connectivity index (χ1n) is 6.34. The molecule has 1 aliphatic rings. The Kier molecular flexibility index (Phi) is 5.79. The van der Waals surface area contributed by atoms with Crippen molar-refractivity contribution in [2.75, 3.05) is 11.9 Å². The number of ether oxygens (including phenoxy) is 1. The number of rotatable bonds is 3. The van der Waals surface area contributed by atoms with Crippen LogP contribution < -0.4 is 11.1 Å². The Morgan fingerprint density at radius 1 is 1.37 bits per heavy atom. The molecule has 2 atom stereocenters. The molecule has 0 spiro atoms. The predicted molar refractivity (Wildman–Crippen MR) is 78.7 cm³/mol. The Morgan fingerprint density at radius 2 is 2.00 bits per heavy atom. The van der Waals surface area contributed by atoms with Gasteiger partial charge >= 0.3 is 0 Å². The lowest BCUT2D eigenvalue weighted by Crippen LogP contribution is -2.30. The first-order valence-corrected chi connectivity index (χ1v) is 6.34. The van der Waals surface area contributed by atoms with E-state index in [1.807, 2.05) is 32.0 Å². The lowest BCUT2D eigenvalue weighted by Gasteiger charge is -2.15. The van der Waals surface area contributed by atoms with Gasteiger partial charge in [-0.15, -0.1) is 12.4 Å². The van der Waals surface area contributed by atoms with Crippen molar-refractivity contribution < 1.29 is 9.53 Å². The molecule has 0 aromatic heterocycles. The SMILES string of the molecule is Cc1cccc(C)c1NC(=O)[C@@H]1CC[C@H](CN)O1.Cl. The Morgan fingerprint density at radius 3 is 2.53 bits per heavy atom. The molecule has 106 valence electrons. The lowest BCUT2D eigenvalue weighted by molar-refractivity contribution is -0.126. The van der Waals surface area contributed by atoms with Crippen molar-refractivity contribution in [3.8, 4) is 0 Å². The van der Waals surface area contributed by atoms with Crippen LogP contribution in [0.4, 0.5) is 5.69 Å². The number of aryl methyl sites for hydroxylation is 2. The van der Waals surface area contributed by atoms with Crippen molar-refractivity contribution in [3.63, 3.8) is 0 Å². The van der Waals surface area contributed by atoms with E-state index in [0.717, 1.165) is 29.7 Å². The van der Waals surface area contributed by atoms with E-state index in [0.29, 0.717) is 6.54 Å². The monoisotopic (exact) mass is 284 g/mol. The fourth-order valence-corrected chi connectivity index (χ4v) is 2.29. The minimum Gasteiger partial charge on any atom is -0.364 e. The van der Waals surface area contributed by atoms with Crippen molar-refractivity contribution in [2.24, 2.45) is 5.73 Å². The number of para-hydroxylation sites is 1. The van der Waals surface area contributed by atoms with Crippen molar-refractivity contribution in [1.29, 1.82) is 0 Å². The zero-order chi connectivity index (χ0) is 13.1. The van der Waals surface area contributed by atoms with Crippen LogP contribution >= 0.6 is 12.4 Å². The van der Waals surface area contributed by atoms with Crippen LogP contribution in [0, 0.1) is 13.8 Å². The minimum absolute atomic E-state index is 0. The third kappa shape index (κ3) is 3.69. The highest BCUT2D eigenvalue weighted by Crippen LogP contribution is 2.23. The summed E-state index contributed by atoms with van der Waals surface area (Å²) in [6, 6.07) is 5.96. The van der Waals surface area contributed by atoms with E-state index in [4.69, 9.17) is 10.5 Å². The molecule has 1 aliphatic heterocycles. The van der Waals surface area contributed by atoms with Crippen LogP contribution in [0.3, 0.4) is 0 Å². The number of carbonyl (C=O) groups excluding carboxylic acids is 1. The second kappa shape index (κ2) is 6.89. The normalized spacial score (nSPS) is 21.8. The number of anilines is 1. The molecule has 5 heteroatoms. The molecular weight excluding hydrogens is 264 g/mol. The van der Waals surface area contributed by atoms with Crippen molar-refractivity contribution in [2.45, 2.75) is 38.9 Å². The Labute approximate surface area is 120 Å². The van der Waals surface area contributed by atoms with Crippen molar-refractivity contribution in [3.05, 3.63) is 29.3 Å². The highest BCUT2D eigenvalue weighted by atomic mass is 35.5. The van der Waals surface area contributed by atoms with E-state index in [2.05, 4.69) is 5.32 Å². The Balaban J connectivity index is 0.00000180. The van der Waals surface area contributed by atoms with Gasteiger partial charge in [0.2, 0.25) is 0 Å². The third-order valence-corrected chi connectivity index (χ3v) is 3.39. The molecule has 2 rings (SSSR count). The number of nitrogens with two attached hydrogens (primary N) is 1. The van der Waals surface area contributed by atoms with Gasteiger partial charge in [-0.3, -0.25) is 4.79 Å². The quantitative estimate of drug-likeness (QED) is 0.894. The smallest absolute Gasteiger partial charge is 0.253 e. The molecule has 3 N–H and O–H groups in total. The molecule has 0 radical (unpaired) electrons. The highest BCUT2D eigenvalue weighted by Gasteiger charge is 2.30. The predicted octanol–water partition coefficient (Wildman–Crippen LogP) is 2.17. The van der Waals surface area contributed by atoms with Crippen LogP contribution in [0.25, 0.3) is 0 Å². The number of hydrogen-bond acceptors (Lipinski definition) is 3. The second-order valence-electron chi connectivity index (χ2n) is 4.82. The summed E-state index contributed by atoms with van der Waals surface area (Å²) in [5.41, 5.74) is 8.56. The molecule has 0 aliphatic carbocycles. The van der Waals surface area contributed by atoms with Gasteiger partial charge in [-0.2, -0.15) is 0 Å². The molecule has 0 saturated carbocycles.